The summed E-state index contributed by atoms with van der Waals surface area (Å²) in [6.45, 7) is 0. The van der Waals surface area contributed by atoms with Gasteiger partial charge >= 0.3 is 0 Å². The van der Waals surface area contributed by atoms with E-state index in [9.17, 15) is 8.78 Å². The van der Waals surface area contributed by atoms with E-state index in [1.165, 1.54) is 12.1 Å². The van der Waals surface area contributed by atoms with Crippen LogP contribution in [0.3, 0.4) is 0 Å². The van der Waals surface area contributed by atoms with E-state index in [1.807, 2.05) is 0 Å². The highest BCUT2D eigenvalue weighted by Crippen LogP contribution is 2.28. The van der Waals surface area contributed by atoms with Crippen LogP contribution in [0.15, 0.2) is 22.7 Å². The zero-order chi connectivity index (χ0) is 10.0. The number of hydrogen-bond acceptors (Lipinski definition) is 1. The molecular weight excluding hydrogens is 263 g/mol. The van der Waals surface area contributed by atoms with Gasteiger partial charge in [0, 0.05) is 9.50 Å². The second-order valence-electron chi connectivity index (χ2n) is 2.53. The Labute approximate surface area is 88.0 Å². The predicted molar refractivity (Wildman–Crippen MR) is 52.1 cm³/mol. The van der Waals surface area contributed by atoms with Gasteiger partial charge in [-0.15, -0.1) is 0 Å². The Morgan fingerprint density at radius 2 is 2.00 bits per heavy atom. The van der Waals surface area contributed by atoms with Crippen LogP contribution in [0.2, 0.25) is 5.02 Å². The molecule has 0 saturated heterocycles. The molecule has 0 heterocycles. The van der Waals surface area contributed by atoms with E-state index in [0.717, 1.165) is 0 Å². The molecule has 0 aromatic heterocycles. The van der Waals surface area contributed by atoms with Gasteiger partial charge in [-0.05, 0) is 17.7 Å². The minimum atomic E-state index is -2.57. The van der Waals surface area contributed by atoms with Gasteiger partial charge in [0.2, 0.25) is 0 Å². The van der Waals surface area contributed by atoms with Crippen molar-refractivity contribution >= 4 is 27.5 Å². The van der Waals surface area contributed by atoms with Crippen molar-refractivity contribution in [1.82, 2.24) is 0 Å². The lowest BCUT2D eigenvalue weighted by molar-refractivity contribution is 0.116. The van der Waals surface area contributed by atoms with Crippen molar-refractivity contribution in [1.29, 1.82) is 0 Å². The fourth-order valence-corrected chi connectivity index (χ4v) is 1.85. The van der Waals surface area contributed by atoms with E-state index in [0.29, 0.717) is 15.1 Å². The summed E-state index contributed by atoms with van der Waals surface area (Å²) >= 11 is 8.76. The van der Waals surface area contributed by atoms with Gasteiger partial charge in [0.15, 0.2) is 0 Å². The Balaban J connectivity index is 3.01. The number of benzene rings is 1. The largest absolute Gasteiger partial charge is 0.319 e. The third kappa shape index (κ3) is 2.62. The molecule has 0 radical (unpaired) electrons. The summed E-state index contributed by atoms with van der Waals surface area (Å²) < 4.78 is 24.9. The highest BCUT2D eigenvalue weighted by atomic mass is 79.9. The van der Waals surface area contributed by atoms with Gasteiger partial charge in [-0.25, -0.2) is 8.78 Å². The first-order valence-electron chi connectivity index (χ1n) is 3.51. The minimum Gasteiger partial charge on any atom is -0.319 e. The van der Waals surface area contributed by atoms with E-state index in [1.54, 1.807) is 6.07 Å². The van der Waals surface area contributed by atoms with Gasteiger partial charge in [-0.2, -0.15) is 0 Å². The summed E-state index contributed by atoms with van der Waals surface area (Å²) in [6, 6.07) is 3.29. The van der Waals surface area contributed by atoms with Crippen LogP contribution < -0.4 is 5.73 Å². The summed E-state index contributed by atoms with van der Waals surface area (Å²) in [5.41, 5.74) is 5.63. The van der Waals surface area contributed by atoms with Crippen LogP contribution in [0, 0.1) is 0 Å². The molecule has 0 fully saturated rings. The fraction of sp³-hybridized carbons (Fsp3) is 0.250. The molecule has 1 aromatic carbocycles. The van der Waals surface area contributed by atoms with E-state index in [4.69, 9.17) is 17.3 Å². The predicted octanol–water partition coefficient (Wildman–Crippen LogP) is 3.37. The van der Waals surface area contributed by atoms with E-state index < -0.39 is 12.5 Å². The van der Waals surface area contributed by atoms with Gasteiger partial charge in [0.1, 0.15) is 0 Å². The maximum Gasteiger partial charge on any atom is 0.257 e. The SMILES string of the molecule is NC(c1ccc(Cl)cc1Br)C(F)F. The summed E-state index contributed by atoms with van der Waals surface area (Å²) in [7, 11) is 0. The number of hydrogen-bond donors (Lipinski definition) is 1. The molecule has 0 spiro atoms. The molecule has 1 atom stereocenters. The second-order valence-corrected chi connectivity index (χ2v) is 3.82. The molecule has 5 heteroatoms. The number of nitrogens with two attached hydrogens (primary N) is 1. The van der Waals surface area contributed by atoms with E-state index >= 15 is 0 Å². The molecule has 1 unspecified atom stereocenters. The Kier molecular flexibility index (Phi) is 3.64. The first kappa shape index (κ1) is 10.9. The van der Waals surface area contributed by atoms with Crippen LogP contribution in [0.5, 0.6) is 0 Å². The highest BCUT2D eigenvalue weighted by Gasteiger charge is 2.19. The molecule has 1 rings (SSSR count). The second kappa shape index (κ2) is 4.35. The van der Waals surface area contributed by atoms with Crippen molar-refractivity contribution in [2.24, 2.45) is 5.73 Å². The lowest BCUT2D eigenvalue weighted by atomic mass is 10.1. The van der Waals surface area contributed by atoms with Crippen molar-refractivity contribution in [2.45, 2.75) is 12.5 Å². The van der Waals surface area contributed by atoms with Gasteiger partial charge in [-0.1, -0.05) is 33.6 Å². The van der Waals surface area contributed by atoms with Gasteiger partial charge in [0.05, 0.1) is 6.04 Å². The minimum absolute atomic E-state index is 0.361. The van der Waals surface area contributed by atoms with Crippen molar-refractivity contribution in [2.75, 3.05) is 0 Å². The van der Waals surface area contributed by atoms with Crippen LogP contribution >= 0.6 is 27.5 Å². The molecule has 1 nitrogen and oxygen atoms in total. The maximum absolute atomic E-state index is 12.2. The lowest BCUT2D eigenvalue weighted by Crippen LogP contribution is -2.19. The van der Waals surface area contributed by atoms with E-state index in [-0.39, 0.29) is 0 Å². The molecular formula is C8H7BrClF2N. The first-order valence-corrected chi connectivity index (χ1v) is 4.68. The average molecular weight is 271 g/mol. The van der Waals surface area contributed by atoms with Gasteiger partial charge in [0.25, 0.3) is 6.43 Å². The standard InChI is InChI=1S/C8H7BrClF2N/c9-6-3-4(10)1-2-5(6)7(13)8(11)12/h1-3,7-8H,13H2. The van der Waals surface area contributed by atoms with Crippen molar-refractivity contribution in [3.8, 4) is 0 Å². The van der Waals surface area contributed by atoms with Crippen LogP contribution in [0.1, 0.15) is 11.6 Å². The molecule has 0 bridgehead atoms. The van der Waals surface area contributed by atoms with Gasteiger partial charge < -0.3 is 5.73 Å². The molecule has 13 heavy (non-hydrogen) atoms. The molecule has 72 valence electrons. The number of alkyl halides is 2. The number of rotatable bonds is 2. The Hall–Kier alpha value is -0.190. The van der Waals surface area contributed by atoms with Crippen LogP contribution in [0.25, 0.3) is 0 Å². The summed E-state index contributed by atoms with van der Waals surface area (Å²) in [6.07, 6.45) is -2.57. The first-order chi connectivity index (χ1) is 6.02. The van der Waals surface area contributed by atoms with Crippen molar-refractivity contribution < 1.29 is 8.78 Å². The summed E-state index contributed by atoms with van der Waals surface area (Å²) in [5.74, 6) is 0. The zero-order valence-electron chi connectivity index (χ0n) is 6.48. The fourth-order valence-electron chi connectivity index (χ4n) is 0.908. The molecule has 0 aliphatic heterocycles. The van der Waals surface area contributed by atoms with Crippen molar-refractivity contribution in [3.63, 3.8) is 0 Å². The zero-order valence-corrected chi connectivity index (χ0v) is 8.82. The molecule has 0 amide bonds. The number of halogens is 4. The molecule has 0 aliphatic rings. The highest BCUT2D eigenvalue weighted by molar-refractivity contribution is 9.10. The third-order valence-corrected chi connectivity index (χ3v) is 2.51. The average Bonchev–Trinajstić information content (AvgIpc) is 2.03. The lowest BCUT2D eigenvalue weighted by Gasteiger charge is -2.12. The Morgan fingerprint density at radius 1 is 1.38 bits per heavy atom. The summed E-state index contributed by atoms with van der Waals surface area (Å²) in [4.78, 5) is 0. The Bertz CT molecular complexity index is 306. The van der Waals surface area contributed by atoms with Crippen molar-refractivity contribution in [3.05, 3.63) is 33.3 Å². The smallest absolute Gasteiger partial charge is 0.257 e. The molecule has 0 aliphatic carbocycles. The van der Waals surface area contributed by atoms with Gasteiger partial charge in [-0.3, -0.25) is 0 Å². The molecule has 0 saturated carbocycles. The molecule has 1 aromatic rings. The Morgan fingerprint density at radius 3 is 2.46 bits per heavy atom. The monoisotopic (exact) mass is 269 g/mol. The maximum atomic E-state index is 12.2. The third-order valence-electron chi connectivity index (χ3n) is 1.59. The molecule has 2 N–H and O–H groups in total. The van der Waals surface area contributed by atoms with E-state index in [2.05, 4.69) is 15.9 Å². The quantitative estimate of drug-likeness (QED) is 0.876. The van der Waals surface area contributed by atoms with Crippen LogP contribution in [-0.2, 0) is 0 Å². The summed E-state index contributed by atoms with van der Waals surface area (Å²) in [5, 5.41) is 0.483. The normalized spacial score (nSPS) is 13.4. The van der Waals surface area contributed by atoms with Crippen LogP contribution in [0.4, 0.5) is 8.78 Å². The topological polar surface area (TPSA) is 26.0 Å². The van der Waals surface area contributed by atoms with Crippen LogP contribution in [-0.4, -0.2) is 6.43 Å².